The molecule has 0 saturated heterocycles. The van der Waals surface area contributed by atoms with Crippen LogP contribution in [0.2, 0.25) is 0 Å². The highest BCUT2D eigenvalue weighted by Gasteiger charge is 2.35. The Morgan fingerprint density at radius 1 is 1.03 bits per heavy atom. The number of aryl methyl sites for hydroxylation is 2. The number of hydrogen-bond donors (Lipinski definition) is 1. The molecule has 2 aromatic heterocycles. The Morgan fingerprint density at radius 3 is 2.36 bits per heavy atom. The van der Waals surface area contributed by atoms with E-state index in [-0.39, 0.29) is 18.4 Å². The summed E-state index contributed by atoms with van der Waals surface area (Å²) >= 11 is 0. The third-order valence-electron chi connectivity index (χ3n) is 6.33. The lowest BCUT2D eigenvalue weighted by molar-refractivity contribution is -0.128. The predicted octanol–water partition coefficient (Wildman–Crippen LogP) is 4.52. The topological polar surface area (TPSA) is 93.0 Å². The Morgan fingerprint density at radius 2 is 1.69 bits per heavy atom. The van der Waals surface area contributed by atoms with Gasteiger partial charge >= 0.3 is 0 Å². The lowest BCUT2D eigenvalue weighted by Crippen LogP contribution is -2.51. The highest BCUT2D eigenvalue weighted by Crippen LogP contribution is 2.31. The molecule has 0 aliphatic carbocycles. The third-order valence-corrected chi connectivity index (χ3v) is 6.33. The number of para-hydroxylation sites is 1. The molecule has 8 nitrogen and oxygen atoms in total. The second-order valence-electron chi connectivity index (χ2n) is 9.76. The number of pyridine rings is 1. The monoisotopic (exact) mass is 484 g/mol. The van der Waals surface area contributed by atoms with E-state index in [0.29, 0.717) is 16.8 Å². The quantitative estimate of drug-likeness (QED) is 0.397. The lowest BCUT2D eigenvalue weighted by Gasteiger charge is -2.35. The number of rotatable bonds is 8. The minimum absolute atomic E-state index is 0.0699. The summed E-state index contributed by atoms with van der Waals surface area (Å²) < 4.78 is 1.57. The van der Waals surface area contributed by atoms with E-state index in [1.807, 2.05) is 77.1 Å². The number of hydrogen-bond acceptors (Lipinski definition) is 5. The molecule has 0 spiro atoms. The van der Waals surface area contributed by atoms with Gasteiger partial charge in [-0.05, 0) is 87.2 Å². The van der Waals surface area contributed by atoms with Crippen LogP contribution in [-0.2, 0) is 16.1 Å². The van der Waals surface area contributed by atoms with E-state index in [9.17, 15) is 9.59 Å². The Labute approximate surface area is 211 Å². The van der Waals surface area contributed by atoms with Gasteiger partial charge in [0.2, 0.25) is 11.8 Å². The number of benzene rings is 2. The average molecular weight is 485 g/mol. The second kappa shape index (κ2) is 10.3. The fraction of sp³-hybridized carbons (Fsp3) is 0.321. The van der Waals surface area contributed by atoms with Gasteiger partial charge in [-0.15, -0.1) is 5.10 Å². The van der Waals surface area contributed by atoms with Crippen LogP contribution in [0.4, 0.5) is 5.69 Å². The third kappa shape index (κ3) is 5.43. The summed E-state index contributed by atoms with van der Waals surface area (Å²) in [5, 5.41) is 11.5. The van der Waals surface area contributed by atoms with Crippen molar-refractivity contribution < 1.29 is 9.59 Å². The molecule has 0 unspecified atom stereocenters. The SMILES string of the molecule is CCC(C)(C)NC(=O)[C@H](c1ccncc1)N(C(=O)Cn1nnc2ccccc21)c1cc(C)cc(C)c1. The number of amides is 2. The summed E-state index contributed by atoms with van der Waals surface area (Å²) in [5.41, 5.74) is 4.33. The van der Waals surface area contributed by atoms with Crippen LogP contribution < -0.4 is 10.2 Å². The smallest absolute Gasteiger partial charge is 0.249 e. The maximum absolute atomic E-state index is 14.1. The Hall–Kier alpha value is -4.07. The Bertz CT molecular complexity index is 1360. The molecule has 2 amide bonds. The second-order valence-corrected chi connectivity index (χ2v) is 9.76. The van der Waals surface area contributed by atoms with Crippen molar-refractivity contribution in [3.63, 3.8) is 0 Å². The van der Waals surface area contributed by atoms with Gasteiger partial charge in [0, 0.05) is 23.6 Å². The molecule has 4 rings (SSSR count). The Balaban J connectivity index is 1.83. The maximum Gasteiger partial charge on any atom is 0.249 e. The van der Waals surface area contributed by atoms with E-state index in [4.69, 9.17) is 0 Å². The van der Waals surface area contributed by atoms with Crippen molar-refractivity contribution in [1.82, 2.24) is 25.3 Å². The first-order valence-electron chi connectivity index (χ1n) is 12.1. The fourth-order valence-corrected chi connectivity index (χ4v) is 4.22. The average Bonchev–Trinajstić information content (AvgIpc) is 3.24. The van der Waals surface area contributed by atoms with Crippen molar-refractivity contribution >= 4 is 28.5 Å². The summed E-state index contributed by atoms with van der Waals surface area (Å²) in [6, 6.07) is 16.0. The molecular formula is C28H32N6O2. The van der Waals surface area contributed by atoms with Crippen LogP contribution in [0.5, 0.6) is 0 Å². The summed E-state index contributed by atoms with van der Waals surface area (Å²) in [7, 11) is 0. The van der Waals surface area contributed by atoms with E-state index >= 15 is 0 Å². The van der Waals surface area contributed by atoms with Crippen molar-refractivity contribution in [3.8, 4) is 0 Å². The van der Waals surface area contributed by atoms with Crippen molar-refractivity contribution in [2.24, 2.45) is 0 Å². The van der Waals surface area contributed by atoms with Gasteiger partial charge in [0.05, 0.1) is 5.52 Å². The van der Waals surface area contributed by atoms with Crippen LogP contribution in [0.25, 0.3) is 11.0 Å². The zero-order chi connectivity index (χ0) is 25.9. The van der Waals surface area contributed by atoms with Gasteiger partial charge < -0.3 is 5.32 Å². The van der Waals surface area contributed by atoms with Gasteiger partial charge in [0.15, 0.2) is 0 Å². The highest BCUT2D eigenvalue weighted by atomic mass is 16.2. The van der Waals surface area contributed by atoms with Crippen LogP contribution in [0.15, 0.2) is 67.0 Å². The molecule has 2 aromatic carbocycles. The molecule has 0 aliphatic rings. The first kappa shape index (κ1) is 25.0. The summed E-state index contributed by atoms with van der Waals surface area (Å²) in [6.45, 7) is 9.85. The molecular weight excluding hydrogens is 452 g/mol. The number of anilines is 1. The molecule has 0 fully saturated rings. The normalized spacial score (nSPS) is 12.4. The molecule has 0 saturated carbocycles. The molecule has 0 aliphatic heterocycles. The van der Waals surface area contributed by atoms with Crippen molar-refractivity contribution in [1.29, 1.82) is 0 Å². The highest BCUT2D eigenvalue weighted by molar-refractivity contribution is 6.01. The maximum atomic E-state index is 14.1. The van der Waals surface area contributed by atoms with Crippen molar-refractivity contribution in [2.75, 3.05) is 4.90 Å². The van der Waals surface area contributed by atoms with Crippen LogP contribution in [0, 0.1) is 13.8 Å². The van der Waals surface area contributed by atoms with Gasteiger partial charge in [0.1, 0.15) is 18.1 Å². The summed E-state index contributed by atoms with van der Waals surface area (Å²) in [6.07, 6.45) is 4.01. The number of nitrogens with zero attached hydrogens (tertiary/aromatic N) is 5. The molecule has 1 atom stereocenters. The first-order chi connectivity index (χ1) is 17.2. The van der Waals surface area contributed by atoms with E-state index < -0.39 is 11.6 Å². The van der Waals surface area contributed by atoms with Crippen LogP contribution in [-0.4, -0.2) is 37.3 Å². The molecule has 0 radical (unpaired) electrons. The molecule has 186 valence electrons. The van der Waals surface area contributed by atoms with E-state index in [1.165, 1.54) is 0 Å². The molecule has 4 aromatic rings. The van der Waals surface area contributed by atoms with E-state index in [2.05, 4.69) is 20.6 Å². The number of carbonyl (C=O) groups excluding carboxylic acids is 2. The summed E-state index contributed by atoms with van der Waals surface area (Å²) in [4.78, 5) is 33.6. The van der Waals surface area contributed by atoms with Gasteiger partial charge in [-0.2, -0.15) is 0 Å². The first-order valence-corrected chi connectivity index (χ1v) is 12.1. The standard InChI is InChI=1S/C28H32N6O2/c1-6-28(4,5)30-27(36)26(21-11-13-29-14-12-21)34(22-16-19(2)15-20(3)17-22)25(35)18-33-24-10-8-7-9-23(24)31-32-33/h7-17,26H,6,18H2,1-5H3,(H,30,36)/t26-/m0/s1. The summed E-state index contributed by atoms with van der Waals surface area (Å²) in [5.74, 6) is -0.536. The number of nitrogens with one attached hydrogen (secondary N) is 1. The van der Waals surface area contributed by atoms with Gasteiger partial charge in [-0.25, -0.2) is 4.68 Å². The van der Waals surface area contributed by atoms with Crippen molar-refractivity contribution in [3.05, 3.63) is 83.7 Å². The predicted molar refractivity (Wildman–Crippen MR) is 140 cm³/mol. The Kier molecular flexibility index (Phi) is 7.15. The molecule has 2 heterocycles. The largest absolute Gasteiger partial charge is 0.349 e. The minimum Gasteiger partial charge on any atom is -0.349 e. The van der Waals surface area contributed by atoms with Crippen LogP contribution >= 0.6 is 0 Å². The van der Waals surface area contributed by atoms with Crippen molar-refractivity contribution in [2.45, 2.75) is 59.2 Å². The zero-order valence-electron chi connectivity index (χ0n) is 21.4. The zero-order valence-corrected chi connectivity index (χ0v) is 21.4. The van der Waals surface area contributed by atoms with Crippen LogP contribution in [0.3, 0.4) is 0 Å². The lowest BCUT2D eigenvalue weighted by atomic mass is 9.98. The number of aromatic nitrogens is 4. The fourth-order valence-electron chi connectivity index (χ4n) is 4.22. The van der Waals surface area contributed by atoms with Gasteiger partial charge in [0.25, 0.3) is 0 Å². The molecule has 0 bridgehead atoms. The van der Waals surface area contributed by atoms with Gasteiger partial charge in [-0.3, -0.25) is 19.5 Å². The molecule has 8 heteroatoms. The molecule has 1 N–H and O–H groups in total. The van der Waals surface area contributed by atoms with E-state index in [1.54, 1.807) is 34.1 Å². The van der Waals surface area contributed by atoms with Gasteiger partial charge in [-0.1, -0.05) is 30.3 Å². The number of fused-ring (bicyclic) bond motifs is 1. The number of carbonyl (C=O) groups is 2. The van der Waals surface area contributed by atoms with Crippen LogP contribution in [0.1, 0.15) is 49.9 Å². The minimum atomic E-state index is -0.901. The van der Waals surface area contributed by atoms with E-state index in [0.717, 1.165) is 23.1 Å². The molecule has 36 heavy (non-hydrogen) atoms.